The predicted molar refractivity (Wildman–Crippen MR) is 39.0 cm³/mol. The van der Waals surface area contributed by atoms with Crippen LogP contribution in [0.3, 0.4) is 0 Å². The topological polar surface area (TPSA) is 81.5 Å². The molecule has 0 bridgehead atoms. The molecule has 0 saturated carbocycles. The maximum absolute atomic E-state index is 9.10. The fourth-order valence-corrected chi connectivity index (χ4v) is 0.777. The van der Waals surface area contributed by atoms with Gasteiger partial charge in [0.05, 0.1) is 12.7 Å². The highest BCUT2D eigenvalue weighted by Gasteiger charge is 2.16. The van der Waals surface area contributed by atoms with Crippen LogP contribution in [-0.2, 0) is 4.84 Å². The molecule has 0 spiro atoms. The molecule has 0 fully saturated rings. The first kappa shape index (κ1) is 9.84. The van der Waals surface area contributed by atoms with Crippen LogP contribution in [0.2, 0.25) is 0 Å². The molecular formula is C6H16N2O2. The lowest BCUT2D eigenvalue weighted by Gasteiger charge is -2.21. The number of aliphatic hydroxyl groups excluding tert-OH is 1. The van der Waals surface area contributed by atoms with Crippen molar-refractivity contribution in [3.05, 3.63) is 0 Å². The van der Waals surface area contributed by atoms with Gasteiger partial charge in [-0.15, -0.1) is 0 Å². The van der Waals surface area contributed by atoms with Crippen LogP contribution in [0.15, 0.2) is 0 Å². The summed E-state index contributed by atoms with van der Waals surface area (Å²) in [6.45, 7) is 3.82. The summed E-state index contributed by atoms with van der Waals surface area (Å²) in [5.74, 6) is 4.75. The molecule has 0 saturated heterocycles. The van der Waals surface area contributed by atoms with Gasteiger partial charge < -0.3 is 15.7 Å². The zero-order valence-electron chi connectivity index (χ0n) is 6.50. The van der Waals surface area contributed by atoms with Crippen molar-refractivity contribution in [1.82, 2.24) is 0 Å². The van der Waals surface area contributed by atoms with Crippen LogP contribution in [0.4, 0.5) is 0 Å². The number of nitrogens with two attached hydrogens (primary N) is 2. The SMILES string of the molecule is CC(C)(N)CC(O)CON. The Hall–Kier alpha value is -0.160. The molecule has 1 unspecified atom stereocenters. The van der Waals surface area contributed by atoms with Crippen molar-refractivity contribution < 1.29 is 9.94 Å². The highest BCUT2D eigenvalue weighted by atomic mass is 16.6. The van der Waals surface area contributed by atoms with Gasteiger partial charge in [0.2, 0.25) is 0 Å². The van der Waals surface area contributed by atoms with Crippen LogP contribution in [0.5, 0.6) is 0 Å². The quantitative estimate of drug-likeness (QED) is 0.463. The summed E-state index contributed by atoms with van der Waals surface area (Å²) >= 11 is 0. The van der Waals surface area contributed by atoms with Crippen molar-refractivity contribution in [2.24, 2.45) is 11.6 Å². The van der Waals surface area contributed by atoms with Crippen molar-refractivity contribution in [3.63, 3.8) is 0 Å². The Morgan fingerprint density at radius 2 is 2.10 bits per heavy atom. The van der Waals surface area contributed by atoms with E-state index in [1.165, 1.54) is 0 Å². The molecule has 4 heteroatoms. The van der Waals surface area contributed by atoms with Gasteiger partial charge in [-0.2, -0.15) is 0 Å². The van der Waals surface area contributed by atoms with Gasteiger partial charge in [-0.3, -0.25) is 0 Å². The van der Waals surface area contributed by atoms with Crippen molar-refractivity contribution in [2.75, 3.05) is 6.61 Å². The second-order valence-corrected chi connectivity index (χ2v) is 3.18. The van der Waals surface area contributed by atoms with E-state index < -0.39 is 6.10 Å². The van der Waals surface area contributed by atoms with Gasteiger partial charge in [0.15, 0.2) is 0 Å². The van der Waals surface area contributed by atoms with Crippen molar-refractivity contribution in [2.45, 2.75) is 31.9 Å². The first-order chi connectivity index (χ1) is 4.45. The molecular weight excluding hydrogens is 132 g/mol. The smallest absolute Gasteiger partial charge is 0.0939 e. The average Bonchev–Trinajstić information content (AvgIpc) is 1.59. The van der Waals surface area contributed by atoms with Gasteiger partial charge in [-0.25, -0.2) is 5.90 Å². The standard InChI is InChI=1S/C6H16N2O2/c1-6(2,7)3-5(9)4-10-8/h5,9H,3-4,7-8H2,1-2H3. The molecule has 0 radical (unpaired) electrons. The minimum Gasteiger partial charge on any atom is -0.391 e. The molecule has 10 heavy (non-hydrogen) atoms. The van der Waals surface area contributed by atoms with Crippen LogP contribution in [-0.4, -0.2) is 23.4 Å². The lowest BCUT2D eigenvalue weighted by atomic mass is 9.99. The number of hydrogen-bond acceptors (Lipinski definition) is 4. The van der Waals surface area contributed by atoms with Gasteiger partial charge >= 0.3 is 0 Å². The summed E-state index contributed by atoms with van der Waals surface area (Å²) in [6, 6.07) is 0. The van der Waals surface area contributed by atoms with Crippen molar-refractivity contribution in [1.29, 1.82) is 0 Å². The molecule has 0 aliphatic carbocycles. The minimum absolute atomic E-state index is 0.140. The summed E-state index contributed by atoms with van der Waals surface area (Å²) < 4.78 is 0. The Morgan fingerprint density at radius 3 is 2.40 bits per heavy atom. The van der Waals surface area contributed by atoms with Crippen molar-refractivity contribution in [3.8, 4) is 0 Å². The normalized spacial score (nSPS) is 15.3. The third kappa shape index (κ3) is 5.97. The van der Waals surface area contributed by atoms with E-state index in [1.807, 2.05) is 13.8 Å². The monoisotopic (exact) mass is 148 g/mol. The molecule has 0 amide bonds. The summed E-state index contributed by atoms with van der Waals surface area (Å²) in [7, 11) is 0. The van der Waals surface area contributed by atoms with Crippen LogP contribution < -0.4 is 11.6 Å². The average molecular weight is 148 g/mol. The first-order valence-electron chi connectivity index (χ1n) is 3.24. The fraction of sp³-hybridized carbons (Fsp3) is 1.00. The maximum Gasteiger partial charge on any atom is 0.0939 e. The summed E-state index contributed by atoms with van der Waals surface area (Å²) in [6.07, 6.45) is -0.0745. The lowest BCUT2D eigenvalue weighted by Crippen LogP contribution is -2.37. The highest BCUT2D eigenvalue weighted by molar-refractivity contribution is 4.75. The molecule has 0 aliphatic rings. The molecule has 62 valence electrons. The van der Waals surface area contributed by atoms with E-state index in [-0.39, 0.29) is 12.1 Å². The third-order valence-corrected chi connectivity index (χ3v) is 1.05. The molecule has 0 aromatic rings. The Bertz CT molecular complexity index is 90.2. The zero-order valence-corrected chi connectivity index (χ0v) is 6.50. The number of rotatable bonds is 4. The Kier molecular flexibility index (Phi) is 3.81. The largest absolute Gasteiger partial charge is 0.391 e. The Morgan fingerprint density at radius 1 is 1.60 bits per heavy atom. The van der Waals surface area contributed by atoms with Gasteiger partial charge in [-0.05, 0) is 20.3 Å². The summed E-state index contributed by atoms with van der Waals surface area (Å²) in [5.41, 5.74) is 5.25. The van der Waals surface area contributed by atoms with Gasteiger partial charge in [0.25, 0.3) is 0 Å². The van der Waals surface area contributed by atoms with Crippen LogP contribution >= 0.6 is 0 Å². The van der Waals surface area contributed by atoms with Crippen LogP contribution in [0, 0.1) is 0 Å². The summed E-state index contributed by atoms with van der Waals surface area (Å²) in [5, 5.41) is 9.10. The fourth-order valence-electron chi connectivity index (χ4n) is 0.777. The van der Waals surface area contributed by atoms with E-state index in [9.17, 15) is 0 Å². The van der Waals surface area contributed by atoms with Gasteiger partial charge in [0.1, 0.15) is 0 Å². The number of aliphatic hydroxyl groups is 1. The summed E-state index contributed by atoms with van der Waals surface area (Å²) in [4.78, 5) is 4.24. The van der Waals surface area contributed by atoms with E-state index in [4.69, 9.17) is 16.7 Å². The third-order valence-electron chi connectivity index (χ3n) is 1.05. The van der Waals surface area contributed by atoms with E-state index >= 15 is 0 Å². The molecule has 0 aromatic carbocycles. The molecule has 5 N–H and O–H groups in total. The Balaban J connectivity index is 3.47. The zero-order chi connectivity index (χ0) is 8.20. The van der Waals surface area contributed by atoms with E-state index in [2.05, 4.69) is 4.84 Å². The first-order valence-corrected chi connectivity index (χ1v) is 3.24. The number of hydrogen-bond donors (Lipinski definition) is 3. The second-order valence-electron chi connectivity index (χ2n) is 3.18. The lowest BCUT2D eigenvalue weighted by molar-refractivity contribution is 0.0233. The predicted octanol–water partition coefficient (Wildman–Crippen LogP) is -0.635. The second kappa shape index (κ2) is 3.88. The van der Waals surface area contributed by atoms with Gasteiger partial charge in [0, 0.05) is 5.54 Å². The van der Waals surface area contributed by atoms with E-state index in [0.29, 0.717) is 6.42 Å². The minimum atomic E-state index is -0.565. The highest BCUT2D eigenvalue weighted by Crippen LogP contribution is 2.06. The molecule has 4 nitrogen and oxygen atoms in total. The molecule has 0 aliphatic heterocycles. The van der Waals surface area contributed by atoms with Gasteiger partial charge in [-0.1, -0.05) is 0 Å². The van der Waals surface area contributed by atoms with Crippen molar-refractivity contribution >= 4 is 0 Å². The van der Waals surface area contributed by atoms with Crippen LogP contribution in [0.25, 0.3) is 0 Å². The maximum atomic E-state index is 9.10. The molecule has 0 aromatic heterocycles. The Labute approximate surface area is 61.1 Å². The van der Waals surface area contributed by atoms with E-state index in [1.54, 1.807) is 0 Å². The van der Waals surface area contributed by atoms with Crippen LogP contribution in [0.1, 0.15) is 20.3 Å². The molecule has 0 rings (SSSR count). The van der Waals surface area contributed by atoms with E-state index in [0.717, 1.165) is 0 Å². The molecule has 0 heterocycles. The molecule has 1 atom stereocenters.